The van der Waals surface area contributed by atoms with Crippen molar-refractivity contribution in [2.75, 3.05) is 0 Å². The van der Waals surface area contributed by atoms with E-state index < -0.39 is 11.9 Å². The van der Waals surface area contributed by atoms with E-state index in [9.17, 15) is 4.79 Å². The summed E-state index contributed by atoms with van der Waals surface area (Å²) in [5, 5.41) is 0.497. The lowest BCUT2D eigenvalue weighted by atomic mass is 9.75. The van der Waals surface area contributed by atoms with Gasteiger partial charge in [0.1, 0.15) is 11.9 Å². The highest BCUT2D eigenvalue weighted by Crippen LogP contribution is 2.46. The van der Waals surface area contributed by atoms with Crippen molar-refractivity contribution in [2.24, 2.45) is 17.8 Å². The van der Waals surface area contributed by atoms with E-state index in [-0.39, 0.29) is 12.1 Å². The molecule has 4 nitrogen and oxygen atoms in total. The second-order valence-corrected chi connectivity index (χ2v) is 9.08. The third-order valence-corrected chi connectivity index (χ3v) is 6.72. The molecule has 28 heavy (non-hydrogen) atoms. The Morgan fingerprint density at radius 1 is 1.29 bits per heavy atom. The molecule has 0 amide bonds. The number of para-hydroxylation sites is 1. The van der Waals surface area contributed by atoms with Crippen molar-refractivity contribution in [3.05, 3.63) is 28.8 Å². The Balaban J connectivity index is 1.88. The Kier molecular flexibility index (Phi) is 6.61. The average Bonchev–Trinajstić information content (AvgIpc) is 2.67. The van der Waals surface area contributed by atoms with Crippen LogP contribution in [0.3, 0.4) is 0 Å². The maximum atomic E-state index is 13.3. The van der Waals surface area contributed by atoms with E-state index in [4.69, 9.17) is 25.8 Å². The van der Waals surface area contributed by atoms with Crippen molar-refractivity contribution in [3.63, 3.8) is 0 Å². The van der Waals surface area contributed by atoms with Crippen LogP contribution in [0.2, 0.25) is 5.02 Å². The van der Waals surface area contributed by atoms with Gasteiger partial charge in [0.25, 0.3) is 0 Å². The smallest absolute Gasteiger partial charge is 0.340 e. The van der Waals surface area contributed by atoms with E-state index in [1.165, 1.54) is 6.42 Å². The number of carbonyl (C=O) groups excluding carboxylic acids is 1. The maximum absolute atomic E-state index is 13.3. The quantitative estimate of drug-likeness (QED) is 0.535. The van der Waals surface area contributed by atoms with Gasteiger partial charge in [-0.2, -0.15) is 0 Å². The van der Waals surface area contributed by atoms with Crippen LogP contribution in [0.15, 0.2) is 18.2 Å². The lowest BCUT2D eigenvalue weighted by molar-refractivity contribution is -0.242. The molecule has 1 fully saturated rings. The van der Waals surface area contributed by atoms with E-state index in [1.54, 1.807) is 6.07 Å². The van der Waals surface area contributed by atoms with Crippen LogP contribution in [0, 0.1) is 17.8 Å². The number of rotatable bonds is 5. The molecule has 5 heteroatoms. The molecule has 1 saturated carbocycles. The number of hydrogen-bond acceptors (Lipinski definition) is 4. The molecule has 1 aliphatic carbocycles. The van der Waals surface area contributed by atoms with Crippen LogP contribution < -0.4 is 4.74 Å². The second-order valence-electron chi connectivity index (χ2n) is 8.68. The molecule has 1 aromatic carbocycles. The van der Waals surface area contributed by atoms with Gasteiger partial charge >= 0.3 is 5.97 Å². The fourth-order valence-corrected chi connectivity index (χ4v) is 4.75. The monoisotopic (exact) mass is 408 g/mol. The lowest BCUT2D eigenvalue weighted by Crippen LogP contribution is -2.46. The summed E-state index contributed by atoms with van der Waals surface area (Å²) in [6.07, 6.45) is 3.56. The number of ether oxygens (including phenoxy) is 3. The van der Waals surface area contributed by atoms with Crippen LogP contribution >= 0.6 is 11.6 Å². The summed E-state index contributed by atoms with van der Waals surface area (Å²) in [5.41, 5.74) is 0.653. The zero-order chi connectivity index (χ0) is 20.5. The first kappa shape index (κ1) is 21.4. The standard InChI is InChI=1S/C23H33ClO4/c1-6-23(7-2)27-20-17(9-8-10-18(20)24)21(28-23)22(25)26-19-13-15(5)11-12-16(19)14(3)4/h8-10,14-16,19,21H,6-7,11-13H2,1-5H3/t15-,16+,19-,21+/m1/s1. The molecule has 0 unspecified atom stereocenters. The summed E-state index contributed by atoms with van der Waals surface area (Å²) in [7, 11) is 0. The molecule has 1 heterocycles. The van der Waals surface area contributed by atoms with Crippen molar-refractivity contribution >= 4 is 17.6 Å². The molecule has 0 spiro atoms. The molecule has 3 rings (SSSR count). The number of carbonyl (C=O) groups is 1. The highest BCUT2D eigenvalue weighted by molar-refractivity contribution is 6.32. The van der Waals surface area contributed by atoms with Gasteiger partial charge in [-0.25, -0.2) is 4.79 Å². The van der Waals surface area contributed by atoms with Crippen LogP contribution in [0.5, 0.6) is 5.75 Å². The summed E-state index contributed by atoms with van der Waals surface area (Å²) in [4.78, 5) is 13.3. The first-order chi connectivity index (χ1) is 13.3. The number of benzene rings is 1. The molecule has 2 aliphatic rings. The minimum atomic E-state index is -0.862. The van der Waals surface area contributed by atoms with Crippen molar-refractivity contribution in [2.45, 2.75) is 84.7 Å². The molecular weight excluding hydrogens is 376 g/mol. The summed E-state index contributed by atoms with van der Waals surface area (Å²) in [6.45, 7) is 10.6. The predicted octanol–water partition coefficient (Wildman–Crippen LogP) is 6.31. The molecular formula is C23H33ClO4. The Morgan fingerprint density at radius 2 is 2.00 bits per heavy atom. The van der Waals surface area contributed by atoms with Gasteiger partial charge in [-0.3, -0.25) is 0 Å². The zero-order valence-corrected chi connectivity index (χ0v) is 18.4. The Bertz CT molecular complexity index is 698. The van der Waals surface area contributed by atoms with Crippen molar-refractivity contribution in [3.8, 4) is 5.75 Å². The largest absolute Gasteiger partial charge is 0.460 e. The van der Waals surface area contributed by atoms with Gasteiger partial charge in [-0.1, -0.05) is 64.8 Å². The van der Waals surface area contributed by atoms with Gasteiger partial charge in [-0.15, -0.1) is 0 Å². The second kappa shape index (κ2) is 8.62. The average molecular weight is 409 g/mol. The normalized spacial score (nSPS) is 29.1. The summed E-state index contributed by atoms with van der Waals surface area (Å²) >= 11 is 6.40. The molecule has 1 aromatic rings. The van der Waals surface area contributed by atoms with E-state index in [2.05, 4.69) is 20.8 Å². The van der Waals surface area contributed by atoms with Gasteiger partial charge in [0.2, 0.25) is 5.79 Å². The summed E-state index contributed by atoms with van der Waals surface area (Å²) in [6, 6.07) is 5.44. The molecule has 4 atom stereocenters. The van der Waals surface area contributed by atoms with Crippen LogP contribution in [0.25, 0.3) is 0 Å². The molecule has 0 saturated heterocycles. The zero-order valence-electron chi connectivity index (χ0n) is 17.7. The number of halogens is 1. The van der Waals surface area contributed by atoms with E-state index in [0.717, 1.165) is 12.8 Å². The van der Waals surface area contributed by atoms with Gasteiger partial charge in [0, 0.05) is 18.4 Å². The highest BCUT2D eigenvalue weighted by Gasteiger charge is 2.45. The van der Waals surface area contributed by atoms with Crippen LogP contribution in [-0.2, 0) is 14.3 Å². The van der Waals surface area contributed by atoms with Crippen LogP contribution in [0.1, 0.15) is 78.4 Å². The molecule has 0 radical (unpaired) electrons. The van der Waals surface area contributed by atoms with Gasteiger partial charge in [-0.05, 0) is 36.7 Å². The number of esters is 1. The molecule has 156 valence electrons. The fraction of sp³-hybridized carbons (Fsp3) is 0.696. The third-order valence-electron chi connectivity index (χ3n) is 6.42. The van der Waals surface area contributed by atoms with Crippen molar-refractivity contribution in [1.82, 2.24) is 0 Å². The topological polar surface area (TPSA) is 44.8 Å². The van der Waals surface area contributed by atoms with Gasteiger partial charge in [0.15, 0.2) is 6.10 Å². The SMILES string of the molecule is CCC1(CC)Oc2c(Cl)cccc2[C@@H](C(=O)O[C@@H]2C[C@H](C)CC[C@H]2C(C)C)O1. The Morgan fingerprint density at radius 3 is 2.64 bits per heavy atom. The summed E-state index contributed by atoms with van der Waals surface area (Å²) < 4.78 is 18.4. The summed E-state index contributed by atoms with van der Waals surface area (Å²) in [5.74, 6) is 0.782. The van der Waals surface area contributed by atoms with E-state index in [0.29, 0.717) is 46.9 Å². The maximum Gasteiger partial charge on any atom is 0.340 e. The van der Waals surface area contributed by atoms with Crippen molar-refractivity contribution in [1.29, 1.82) is 0 Å². The van der Waals surface area contributed by atoms with Gasteiger partial charge in [0.05, 0.1) is 5.02 Å². The van der Waals surface area contributed by atoms with E-state index in [1.807, 2.05) is 26.0 Å². The van der Waals surface area contributed by atoms with Crippen molar-refractivity contribution < 1.29 is 19.0 Å². The first-order valence-corrected chi connectivity index (χ1v) is 11.0. The Labute approximate surface area is 173 Å². The van der Waals surface area contributed by atoms with E-state index >= 15 is 0 Å². The lowest BCUT2D eigenvalue weighted by Gasteiger charge is -2.42. The fourth-order valence-electron chi connectivity index (χ4n) is 4.53. The molecule has 1 aliphatic heterocycles. The minimum Gasteiger partial charge on any atom is -0.460 e. The Hall–Kier alpha value is -1.26. The van der Waals surface area contributed by atoms with Crippen LogP contribution in [-0.4, -0.2) is 17.9 Å². The highest BCUT2D eigenvalue weighted by atomic mass is 35.5. The molecule has 0 N–H and O–H groups in total. The molecule has 0 aromatic heterocycles. The molecule has 0 bridgehead atoms. The third kappa shape index (κ3) is 4.18. The number of hydrogen-bond donors (Lipinski definition) is 0. The predicted molar refractivity (Wildman–Crippen MR) is 110 cm³/mol. The first-order valence-electron chi connectivity index (χ1n) is 10.7. The van der Waals surface area contributed by atoms with Crippen LogP contribution in [0.4, 0.5) is 0 Å². The van der Waals surface area contributed by atoms with Gasteiger partial charge < -0.3 is 14.2 Å². The number of fused-ring (bicyclic) bond motifs is 1. The minimum absolute atomic E-state index is 0.0667.